The van der Waals surface area contributed by atoms with Crippen molar-refractivity contribution >= 4 is 21.4 Å². The largest absolute Gasteiger partial charge is 0.398 e. The number of rotatable bonds is 5. The molecular formula is C13H21N3O2S. The maximum atomic E-state index is 11.3. The summed E-state index contributed by atoms with van der Waals surface area (Å²) in [6, 6.07) is 4.96. The predicted molar refractivity (Wildman–Crippen MR) is 77.5 cm³/mol. The van der Waals surface area contributed by atoms with Gasteiger partial charge < -0.3 is 10.6 Å². The minimum atomic E-state index is -3.74. The molecule has 0 aliphatic heterocycles. The molecular weight excluding hydrogens is 262 g/mol. The molecule has 0 unspecified atom stereocenters. The quantitative estimate of drug-likeness (QED) is 0.802. The molecule has 5 nitrogen and oxygen atoms in total. The number of nitrogens with zero attached hydrogens (tertiary/aromatic N) is 1. The van der Waals surface area contributed by atoms with Crippen molar-refractivity contribution in [2.75, 3.05) is 23.7 Å². The van der Waals surface area contributed by atoms with Crippen LogP contribution in [0.25, 0.3) is 0 Å². The Kier molecular flexibility index (Phi) is 4.01. The van der Waals surface area contributed by atoms with Crippen LogP contribution in [-0.4, -0.2) is 21.5 Å². The highest BCUT2D eigenvalue weighted by molar-refractivity contribution is 7.89. The molecule has 0 amide bonds. The Morgan fingerprint density at radius 1 is 1.37 bits per heavy atom. The molecule has 1 aliphatic carbocycles. The minimum absolute atomic E-state index is 0.00375. The summed E-state index contributed by atoms with van der Waals surface area (Å²) >= 11 is 0. The van der Waals surface area contributed by atoms with E-state index in [-0.39, 0.29) is 10.6 Å². The van der Waals surface area contributed by atoms with Crippen LogP contribution in [0.1, 0.15) is 26.2 Å². The van der Waals surface area contributed by atoms with Crippen molar-refractivity contribution in [2.24, 2.45) is 11.1 Å². The van der Waals surface area contributed by atoms with E-state index in [1.165, 1.54) is 25.3 Å². The van der Waals surface area contributed by atoms with Gasteiger partial charge in [-0.3, -0.25) is 0 Å². The van der Waals surface area contributed by atoms with E-state index in [1.807, 2.05) is 0 Å². The fraction of sp³-hybridized carbons (Fsp3) is 0.538. The first-order valence-electron chi connectivity index (χ1n) is 6.59. The normalized spacial score (nSPS) is 16.1. The van der Waals surface area contributed by atoms with Crippen molar-refractivity contribution in [1.29, 1.82) is 0 Å². The lowest BCUT2D eigenvalue weighted by Gasteiger charge is -2.33. The van der Waals surface area contributed by atoms with Crippen LogP contribution >= 0.6 is 0 Å². The lowest BCUT2D eigenvalue weighted by molar-refractivity contribution is 0.318. The first-order valence-corrected chi connectivity index (χ1v) is 8.13. The third kappa shape index (κ3) is 3.19. The zero-order chi connectivity index (χ0) is 14.0. The summed E-state index contributed by atoms with van der Waals surface area (Å²) in [5.41, 5.74) is 6.96. The minimum Gasteiger partial charge on any atom is -0.398 e. The van der Waals surface area contributed by atoms with Gasteiger partial charge in [-0.1, -0.05) is 6.42 Å². The molecule has 0 radical (unpaired) electrons. The van der Waals surface area contributed by atoms with E-state index in [1.54, 1.807) is 12.1 Å². The summed E-state index contributed by atoms with van der Waals surface area (Å²) in [5.74, 6) is 0.749. The van der Waals surface area contributed by atoms with Crippen LogP contribution in [0.3, 0.4) is 0 Å². The number of benzene rings is 1. The van der Waals surface area contributed by atoms with Crippen molar-refractivity contribution in [3.63, 3.8) is 0 Å². The number of nitrogen functional groups attached to an aromatic ring is 1. The first-order chi connectivity index (χ1) is 8.91. The fourth-order valence-corrected chi connectivity index (χ4v) is 3.04. The Balaban J connectivity index is 2.21. The molecule has 2 rings (SSSR count). The van der Waals surface area contributed by atoms with Gasteiger partial charge in [-0.2, -0.15) is 0 Å². The summed E-state index contributed by atoms with van der Waals surface area (Å²) in [7, 11) is -3.74. The topological polar surface area (TPSA) is 89.4 Å². The average Bonchev–Trinajstić information content (AvgIpc) is 2.26. The second-order valence-corrected chi connectivity index (χ2v) is 6.63. The van der Waals surface area contributed by atoms with Gasteiger partial charge in [0.15, 0.2) is 0 Å². The van der Waals surface area contributed by atoms with Gasteiger partial charge in [0.1, 0.15) is 4.90 Å². The molecule has 106 valence electrons. The molecule has 0 spiro atoms. The second kappa shape index (κ2) is 5.38. The molecule has 4 N–H and O–H groups in total. The van der Waals surface area contributed by atoms with Gasteiger partial charge in [0.2, 0.25) is 10.0 Å². The van der Waals surface area contributed by atoms with Gasteiger partial charge in [-0.15, -0.1) is 0 Å². The summed E-state index contributed by atoms with van der Waals surface area (Å²) in [5, 5.41) is 5.11. The van der Waals surface area contributed by atoms with E-state index in [9.17, 15) is 8.42 Å². The standard InChI is InChI=1S/C13H21N3O2S/c1-2-16(9-10-4-3-5-10)11-6-7-13(12(14)8-11)19(15,17)18/h6-8,10H,2-5,9,14H2,1H3,(H2,15,17,18). The Hall–Kier alpha value is -1.27. The van der Waals surface area contributed by atoms with E-state index >= 15 is 0 Å². The van der Waals surface area contributed by atoms with Crippen LogP contribution in [0.2, 0.25) is 0 Å². The number of hydrogen-bond acceptors (Lipinski definition) is 4. The number of sulfonamides is 1. The van der Waals surface area contributed by atoms with Crippen LogP contribution in [0.4, 0.5) is 11.4 Å². The Morgan fingerprint density at radius 3 is 2.47 bits per heavy atom. The molecule has 1 aromatic carbocycles. The van der Waals surface area contributed by atoms with E-state index in [2.05, 4.69) is 11.8 Å². The number of nitrogens with two attached hydrogens (primary N) is 2. The van der Waals surface area contributed by atoms with Crippen molar-refractivity contribution in [1.82, 2.24) is 0 Å². The smallest absolute Gasteiger partial charge is 0.240 e. The third-order valence-electron chi connectivity index (χ3n) is 3.75. The number of anilines is 2. The van der Waals surface area contributed by atoms with Crippen LogP contribution in [0.15, 0.2) is 23.1 Å². The average molecular weight is 283 g/mol. The highest BCUT2D eigenvalue weighted by Gasteiger charge is 2.21. The highest BCUT2D eigenvalue weighted by atomic mass is 32.2. The fourth-order valence-electron chi connectivity index (χ4n) is 2.40. The molecule has 0 heterocycles. The Morgan fingerprint density at radius 2 is 2.05 bits per heavy atom. The Labute approximate surface area is 114 Å². The van der Waals surface area contributed by atoms with Crippen molar-refractivity contribution in [3.05, 3.63) is 18.2 Å². The lowest BCUT2D eigenvalue weighted by atomic mass is 9.85. The van der Waals surface area contributed by atoms with E-state index in [4.69, 9.17) is 10.9 Å². The zero-order valence-electron chi connectivity index (χ0n) is 11.2. The monoisotopic (exact) mass is 283 g/mol. The molecule has 1 aliphatic rings. The Bertz CT molecular complexity index is 553. The maximum Gasteiger partial charge on any atom is 0.240 e. The highest BCUT2D eigenvalue weighted by Crippen LogP contribution is 2.30. The summed E-state index contributed by atoms with van der Waals surface area (Å²) < 4.78 is 22.6. The van der Waals surface area contributed by atoms with Gasteiger partial charge in [0.05, 0.1) is 5.69 Å². The summed E-state index contributed by atoms with van der Waals surface area (Å²) in [6.45, 7) is 3.97. The SMILES string of the molecule is CCN(CC1CCC1)c1ccc(S(N)(=O)=O)c(N)c1. The van der Waals surface area contributed by atoms with E-state index in [0.717, 1.165) is 24.7 Å². The summed E-state index contributed by atoms with van der Waals surface area (Å²) in [4.78, 5) is 2.23. The third-order valence-corrected chi connectivity index (χ3v) is 4.73. The summed E-state index contributed by atoms with van der Waals surface area (Å²) in [6.07, 6.45) is 3.87. The van der Waals surface area contributed by atoms with Gasteiger partial charge in [0, 0.05) is 18.8 Å². The second-order valence-electron chi connectivity index (χ2n) is 5.10. The molecule has 1 saturated carbocycles. The molecule has 1 fully saturated rings. The van der Waals surface area contributed by atoms with E-state index in [0.29, 0.717) is 0 Å². The van der Waals surface area contributed by atoms with Crippen molar-refractivity contribution in [2.45, 2.75) is 31.1 Å². The van der Waals surface area contributed by atoms with Crippen molar-refractivity contribution in [3.8, 4) is 0 Å². The van der Waals surface area contributed by atoms with Crippen LogP contribution in [0.5, 0.6) is 0 Å². The van der Waals surface area contributed by atoms with Crippen LogP contribution < -0.4 is 15.8 Å². The molecule has 0 bridgehead atoms. The molecule has 0 aromatic heterocycles. The lowest BCUT2D eigenvalue weighted by Crippen LogP contribution is -2.32. The molecule has 6 heteroatoms. The van der Waals surface area contributed by atoms with Crippen molar-refractivity contribution < 1.29 is 8.42 Å². The van der Waals surface area contributed by atoms with E-state index < -0.39 is 10.0 Å². The van der Waals surface area contributed by atoms with Crippen LogP contribution in [0, 0.1) is 5.92 Å². The number of hydrogen-bond donors (Lipinski definition) is 2. The van der Waals surface area contributed by atoms with Crippen LogP contribution in [-0.2, 0) is 10.0 Å². The zero-order valence-corrected chi connectivity index (χ0v) is 12.0. The molecule has 0 saturated heterocycles. The maximum absolute atomic E-state index is 11.3. The van der Waals surface area contributed by atoms with Gasteiger partial charge in [-0.05, 0) is 43.9 Å². The van der Waals surface area contributed by atoms with Gasteiger partial charge in [0.25, 0.3) is 0 Å². The molecule has 0 atom stereocenters. The first kappa shape index (κ1) is 14.1. The number of primary sulfonamides is 1. The molecule has 19 heavy (non-hydrogen) atoms. The molecule has 1 aromatic rings. The van der Waals surface area contributed by atoms with Gasteiger partial charge in [-0.25, -0.2) is 13.6 Å². The van der Waals surface area contributed by atoms with Gasteiger partial charge >= 0.3 is 0 Å². The predicted octanol–water partition coefficient (Wildman–Crippen LogP) is 1.54.